The molecule has 3 heteroatoms. The van der Waals surface area contributed by atoms with E-state index in [-0.39, 0.29) is 0 Å². The van der Waals surface area contributed by atoms with Crippen LogP contribution in [0.2, 0.25) is 0 Å². The lowest BCUT2D eigenvalue weighted by Gasteiger charge is -2.57. The predicted molar refractivity (Wildman–Crippen MR) is 77.3 cm³/mol. The Balaban J connectivity index is 1.53. The smallest absolute Gasteiger partial charge is 0.0455 e. The average molecular weight is 269 g/mol. The third kappa shape index (κ3) is 2.06. The zero-order valence-electron chi connectivity index (χ0n) is 10.5. The van der Waals surface area contributed by atoms with Crippen LogP contribution < -0.4 is 0 Å². The van der Waals surface area contributed by atoms with Crippen molar-refractivity contribution in [3.8, 4) is 0 Å². The van der Waals surface area contributed by atoms with Gasteiger partial charge in [-0.1, -0.05) is 0 Å². The van der Waals surface area contributed by atoms with Crippen molar-refractivity contribution in [3.63, 3.8) is 0 Å². The number of nitrogens with zero attached hydrogens (tertiary/aromatic N) is 1. The molecule has 5 fully saturated rings. The molecule has 5 rings (SSSR count). The van der Waals surface area contributed by atoms with Crippen LogP contribution in [0.25, 0.3) is 0 Å². The van der Waals surface area contributed by atoms with Crippen LogP contribution in [0.4, 0.5) is 0 Å². The average Bonchev–Trinajstić information content (AvgIpc) is 2.56. The molecule has 5 aliphatic rings. The van der Waals surface area contributed by atoms with Gasteiger partial charge in [0.15, 0.2) is 0 Å². The Labute approximate surface area is 113 Å². The highest BCUT2D eigenvalue weighted by atomic mass is 32.2. The maximum Gasteiger partial charge on any atom is 0.0455 e. The summed E-state index contributed by atoms with van der Waals surface area (Å²) < 4.78 is 0. The fourth-order valence-corrected chi connectivity index (χ4v) is 7.50. The second kappa shape index (κ2) is 4.64. The minimum atomic E-state index is 0.973. The van der Waals surface area contributed by atoms with Gasteiger partial charge in [-0.05, 0) is 55.8 Å². The first-order valence-electron chi connectivity index (χ1n) is 7.29. The van der Waals surface area contributed by atoms with E-state index in [4.69, 9.17) is 0 Å². The minimum absolute atomic E-state index is 0.973. The van der Waals surface area contributed by atoms with Gasteiger partial charge in [0, 0.05) is 29.3 Å². The lowest BCUT2D eigenvalue weighted by molar-refractivity contribution is -0.0536. The van der Waals surface area contributed by atoms with Crippen molar-refractivity contribution in [2.45, 2.75) is 38.1 Å². The molecule has 96 valence electrons. The standard InChI is InChI=1S/C14H23NS2/c1-2-17-9-15(8-16-1)14-12-4-10-3-11(6-12)7-13(14)5-10/h10-14H,1-9H2. The van der Waals surface area contributed by atoms with Crippen LogP contribution in [0.1, 0.15) is 32.1 Å². The van der Waals surface area contributed by atoms with Crippen LogP contribution in [0, 0.1) is 23.7 Å². The molecule has 4 saturated carbocycles. The van der Waals surface area contributed by atoms with Crippen LogP contribution in [0.3, 0.4) is 0 Å². The third-order valence-electron chi connectivity index (χ3n) is 5.48. The molecule has 1 aliphatic heterocycles. The van der Waals surface area contributed by atoms with Gasteiger partial charge < -0.3 is 0 Å². The summed E-state index contributed by atoms with van der Waals surface area (Å²) in [6, 6.07) is 0.973. The van der Waals surface area contributed by atoms with E-state index in [1.165, 1.54) is 23.3 Å². The summed E-state index contributed by atoms with van der Waals surface area (Å²) in [5, 5.41) is 0. The van der Waals surface area contributed by atoms with E-state index in [0.717, 1.165) is 29.7 Å². The molecule has 0 radical (unpaired) electrons. The molecular formula is C14H23NS2. The van der Waals surface area contributed by atoms with Crippen molar-refractivity contribution in [2.24, 2.45) is 23.7 Å². The van der Waals surface area contributed by atoms with E-state index < -0.39 is 0 Å². The SMILES string of the molecule is C1CSCN(C2C3CC4CC(C3)CC2C4)CS1. The monoisotopic (exact) mass is 269 g/mol. The summed E-state index contributed by atoms with van der Waals surface area (Å²) in [5.41, 5.74) is 0. The van der Waals surface area contributed by atoms with E-state index in [2.05, 4.69) is 28.4 Å². The first-order chi connectivity index (χ1) is 8.40. The molecule has 1 heterocycles. The second-order valence-electron chi connectivity index (χ2n) is 6.58. The van der Waals surface area contributed by atoms with Crippen molar-refractivity contribution >= 4 is 23.5 Å². The molecule has 17 heavy (non-hydrogen) atoms. The molecule has 0 N–H and O–H groups in total. The van der Waals surface area contributed by atoms with E-state index in [0.29, 0.717) is 0 Å². The summed E-state index contributed by atoms with van der Waals surface area (Å²) in [6.07, 6.45) is 7.88. The lowest BCUT2D eigenvalue weighted by atomic mass is 9.54. The maximum absolute atomic E-state index is 2.86. The van der Waals surface area contributed by atoms with E-state index in [9.17, 15) is 0 Å². The van der Waals surface area contributed by atoms with Gasteiger partial charge in [-0.2, -0.15) is 0 Å². The van der Waals surface area contributed by atoms with Crippen LogP contribution in [0.15, 0.2) is 0 Å². The topological polar surface area (TPSA) is 3.24 Å². The van der Waals surface area contributed by atoms with E-state index in [1.807, 2.05) is 0 Å². The Kier molecular flexibility index (Phi) is 3.14. The highest BCUT2D eigenvalue weighted by Crippen LogP contribution is 2.55. The zero-order chi connectivity index (χ0) is 11.2. The molecule has 1 saturated heterocycles. The predicted octanol–water partition coefficient (Wildman–Crippen LogP) is 3.51. The van der Waals surface area contributed by atoms with Gasteiger partial charge in [0.2, 0.25) is 0 Å². The highest BCUT2D eigenvalue weighted by Gasteiger charge is 2.49. The van der Waals surface area contributed by atoms with Crippen molar-refractivity contribution in [3.05, 3.63) is 0 Å². The molecule has 0 unspecified atom stereocenters. The molecule has 0 amide bonds. The van der Waals surface area contributed by atoms with Gasteiger partial charge in [-0.25, -0.2) is 0 Å². The number of rotatable bonds is 1. The number of thioether (sulfide) groups is 2. The fraction of sp³-hybridized carbons (Fsp3) is 1.00. The number of hydrogen-bond donors (Lipinski definition) is 0. The Morgan fingerprint density at radius 2 is 1.24 bits per heavy atom. The molecular weight excluding hydrogens is 246 g/mol. The number of hydrogen-bond acceptors (Lipinski definition) is 3. The first kappa shape index (κ1) is 11.5. The second-order valence-corrected chi connectivity index (χ2v) is 8.73. The highest BCUT2D eigenvalue weighted by molar-refractivity contribution is 8.03. The van der Waals surface area contributed by atoms with Crippen molar-refractivity contribution in [1.82, 2.24) is 4.90 Å². The van der Waals surface area contributed by atoms with Crippen LogP contribution in [-0.4, -0.2) is 34.2 Å². The van der Waals surface area contributed by atoms with Gasteiger partial charge in [0.1, 0.15) is 0 Å². The molecule has 0 spiro atoms. The van der Waals surface area contributed by atoms with E-state index >= 15 is 0 Å². The molecule has 0 atom stereocenters. The van der Waals surface area contributed by atoms with Gasteiger partial charge in [-0.15, -0.1) is 23.5 Å². The summed E-state index contributed by atoms with van der Waals surface area (Å²) in [6.45, 7) is 0. The molecule has 1 nitrogen and oxygen atoms in total. The molecule has 0 aromatic carbocycles. The quantitative estimate of drug-likeness (QED) is 0.717. The van der Waals surface area contributed by atoms with Crippen molar-refractivity contribution in [2.75, 3.05) is 23.3 Å². The zero-order valence-corrected chi connectivity index (χ0v) is 12.1. The normalized spacial score (nSPS) is 50.5. The summed E-state index contributed by atoms with van der Waals surface area (Å²) in [5.74, 6) is 9.78. The Morgan fingerprint density at radius 3 is 1.76 bits per heavy atom. The summed E-state index contributed by atoms with van der Waals surface area (Å²) in [7, 11) is 0. The Hall–Kier alpha value is 0.660. The van der Waals surface area contributed by atoms with Crippen molar-refractivity contribution < 1.29 is 0 Å². The Morgan fingerprint density at radius 1 is 0.706 bits per heavy atom. The molecule has 4 bridgehead atoms. The van der Waals surface area contributed by atoms with Crippen LogP contribution in [-0.2, 0) is 0 Å². The lowest BCUT2D eigenvalue weighted by Crippen LogP contribution is -2.55. The largest absolute Gasteiger partial charge is 0.281 e. The van der Waals surface area contributed by atoms with E-state index in [1.54, 1.807) is 32.1 Å². The van der Waals surface area contributed by atoms with Gasteiger partial charge >= 0.3 is 0 Å². The molecule has 4 aliphatic carbocycles. The summed E-state index contributed by atoms with van der Waals surface area (Å²) in [4.78, 5) is 2.86. The van der Waals surface area contributed by atoms with Crippen molar-refractivity contribution in [1.29, 1.82) is 0 Å². The maximum atomic E-state index is 2.86. The Bertz CT molecular complexity index is 258. The minimum Gasteiger partial charge on any atom is -0.281 e. The fourth-order valence-electron chi connectivity index (χ4n) is 5.18. The van der Waals surface area contributed by atoms with Gasteiger partial charge in [0.25, 0.3) is 0 Å². The van der Waals surface area contributed by atoms with Crippen LogP contribution >= 0.6 is 23.5 Å². The molecule has 0 aromatic heterocycles. The third-order valence-corrected chi connectivity index (χ3v) is 7.76. The first-order valence-corrected chi connectivity index (χ1v) is 9.60. The van der Waals surface area contributed by atoms with Gasteiger partial charge in [0.05, 0.1) is 0 Å². The summed E-state index contributed by atoms with van der Waals surface area (Å²) >= 11 is 4.35. The van der Waals surface area contributed by atoms with Crippen LogP contribution in [0.5, 0.6) is 0 Å². The molecule has 0 aromatic rings. The van der Waals surface area contributed by atoms with Gasteiger partial charge in [-0.3, -0.25) is 4.90 Å².